The van der Waals surface area contributed by atoms with Gasteiger partial charge in [0, 0.05) is 62.6 Å². The van der Waals surface area contributed by atoms with Gasteiger partial charge in [-0.05, 0) is 70.0 Å². The monoisotopic (exact) mass is 563 g/mol. The Balaban J connectivity index is 0.00000441. The number of rotatable bonds is 8. The summed E-state index contributed by atoms with van der Waals surface area (Å²) in [4.78, 5) is 29.4. The van der Waals surface area contributed by atoms with E-state index < -0.39 is 22.4 Å². The lowest BCUT2D eigenvalue weighted by molar-refractivity contribution is -0.388. The number of nitro groups is 1. The zero-order valence-electron chi connectivity index (χ0n) is 22.3. The molecule has 1 amide bonds. The SMILES string of the molecule is C.Cc1ccc(N2CCCN(CCCC(=O)N3CCC(Nc4ccc([N+](=O)[O-])c(C(F)(F)F)c4)CC3)CC2)cc1. The van der Waals surface area contributed by atoms with Crippen LogP contribution in [0.15, 0.2) is 42.5 Å². The fourth-order valence-electron chi connectivity index (χ4n) is 5.34. The molecule has 2 aliphatic heterocycles. The number of amides is 1. The molecule has 2 heterocycles. The number of hydrogen-bond donors (Lipinski definition) is 1. The normalized spacial score (nSPS) is 17.2. The van der Waals surface area contributed by atoms with Crippen LogP contribution in [0.25, 0.3) is 0 Å². The minimum absolute atomic E-state index is 0. The number of anilines is 2. The third-order valence-electron chi connectivity index (χ3n) is 7.57. The Labute approximate surface area is 234 Å². The summed E-state index contributed by atoms with van der Waals surface area (Å²) in [6.07, 6.45) is -1.25. The van der Waals surface area contributed by atoms with Crippen molar-refractivity contribution in [3.63, 3.8) is 0 Å². The van der Waals surface area contributed by atoms with Gasteiger partial charge in [0.15, 0.2) is 0 Å². The Morgan fingerprint density at radius 2 is 1.73 bits per heavy atom. The fourth-order valence-corrected chi connectivity index (χ4v) is 5.34. The predicted octanol–water partition coefficient (Wildman–Crippen LogP) is 5.95. The molecule has 11 heteroatoms. The zero-order chi connectivity index (χ0) is 28.0. The molecule has 2 aliphatic rings. The molecule has 1 N–H and O–H groups in total. The van der Waals surface area contributed by atoms with E-state index in [2.05, 4.69) is 46.3 Å². The van der Waals surface area contributed by atoms with Crippen molar-refractivity contribution < 1.29 is 22.9 Å². The smallest absolute Gasteiger partial charge is 0.382 e. The third kappa shape index (κ3) is 8.33. The maximum atomic E-state index is 13.3. The van der Waals surface area contributed by atoms with E-state index in [9.17, 15) is 28.1 Å². The lowest BCUT2D eigenvalue weighted by Gasteiger charge is -2.33. The summed E-state index contributed by atoms with van der Waals surface area (Å²) in [6, 6.07) is 11.5. The number of aryl methyl sites for hydroxylation is 1. The second-order valence-electron chi connectivity index (χ2n) is 10.4. The number of piperidine rings is 1. The maximum absolute atomic E-state index is 13.3. The molecule has 0 aliphatic carbocycles. The van der Waals surface area contributed by atoms with Gasteiger partial charge in [0.2, 0.25) is 5.91 Å². The van der Waals surface area contributed by atoms with Crippen molar-refractivity contribution in [2.45, 2.75) is 58.7 Å². The molecule has 2 fully saturated rings. The van der Waals surface area contributed by atoms with Gasteiger partial charge in [-0.2, -0.15) is 13.2 Å². The number of alkyl halides is 3. The average molecular weight is 564 g/mol. The van der Waals surface area contributed by atoms with Crippen LogP contribution in [0.3, 0.4) is 0 Å². The Kier molecular flexibility index (Phi) is 10.8. The van der Waals surface area contributed by atoms with Crippen molar-refractivity contribution in [1.29, 1.82) is 0 Å². The predicted molar refractivity (Wildman–Crippen MR) is 152 cm³/mol. The number of likely N-dealkylation sites (tertiary alicyclic amines) is 1. The first-order chi connectivity index (χ1) is 18.6. The summed E-state index contributed by atoms with van der Waals surface area (Å²) in [6.45, 7) is 8.02. The highest BCUT2D eigenvalue weighted by Gasteiger charge is 2.38. The average Bonchev–Trinajstić information content (AvgIpc) is 3.14. The quantitative estimate of drug-likeness (QED) is 0.316. The number of benzene rings is 2. The molecule has 0 atom stereocenters. The van der Waals surface area contributed by atoms with Crippen molar-refractivity contribution in [2.24, 2.45) is 0 Å². The summed E-state index contributed by atoms with van der Waals surface area (Å²) in [5, 5.41) is 14.0. The van der Waals surface area contributed by atoms with Gasteiger partial charge >= 0.3 is 6.18 Å². The van der Waals surface area contributed by atoms with Gasteiger partial charge in [-0.15, -0.1) is 0 Å². The van der Waals surface area contributed by atoms with Crippen LogP contribution < -0.4 is 10.2 Å². The maximum Gasteiger partial charge on any atom is 0.423 e. The van der Waals surface area contributed by atoms with Gasteiger partial charge in [0.1, 0.15) is 5.56 Å². The van der Waals surface area contributed by atoms with Crippen molar-refractivity contribution in [1.82, 2.24) is 9.80 Å². The Morgan fingerprint density at radius 1 is 1.02 bits per heavy atom. The molecule has 40 heavy (non-hydrogen) atoms. The first kappa shape index (κ1) is 31.2. The van der Waals surface area contributed by atoms with Crippen LogP contribution >= 0.6 is 0 Å². The Bertz CT molecular complexity index is 1130. The number of carbonyl (C=O) groups excluding carboxylic acids is 1. The molecule has 2 aromatic carbocycles. The van der Waals surface area contributed by atoms with Crippen molar-refractivity contribution in [3.05, 3.63) is 63.7 Å². The molecule has 0 spiro atoms. The zero-order valence-corrected chi connectivity index (χ0v) is 22.3. The third-order valence-corrected chi connectivity index (χ3v) is 7.57. The van der Waals surface area contributed by atoms with Crippen LogP contribution in [0, 0.1) is 17.0 Å². The molecule has 2 saturated heterocycles. The number of hydrogen-bond acceptors (Lipinski definition) is 6. The summed E-state index contributed by atoms with van der Waals surface area (Å²) in [7, 11) is 0. The van der Waals surface area contributed by atoms with Gasteiger partial charge < -0.3 is 20.0 Å². The number of nitrogens with zero attached hydrogens (tertiary/aromatic N) is 4. The molecule has 0 saturated carbocycles. The molecular weight excluding hydrogens is 523 g/mol. The van der Waals surface area contributed by atoms with E-state index in [0.717, 1.165) is 57.7 Å². The molecular formula is C29H40F3N5O3. The summed E-state index contributed by atoms with van der Waals surface area (Å²) in [5.41, 5.74) is 0.472. The molecule has 0 radical (unpaired) electrons. The van der Waals surface area contributed by atoms with Crippen molar-refractivity contribution >= 4 is 23.0 Å². The number of nitrogens with one attached hydrogen (secondary N) is 1. The van der Waals surface area contributed by atoms with Crippen LogP contribution in [0.1, 0.15) is 50.7 Å². The second kappa shape index (κ2) is 13.8. The lowest BCUT2D eigenvalue weighted by atomic mass is 10.0. The van der Waals surface area contributed by atoms with E-state index in [1.54, 1.807) is 0 Å². The molecule has 2 aromatic rings. The van der Waals surface area contributed by atoms with Gasteiger partial charge in [-0.3, -0.25) is 14.9 Å². The van der Waals surface area contributed by atoms with Gasteiger partial charge in [-0.1, -0.05) is 25.1 Å². The molecule has 8 nitrogen and oxygen atoms in total. The summed E-state index contributed by atoms with van der Waals surface area (Å²) in [5.74, 6) is 0.110. The van der Waals surface area contributed by atoms with Crippen LogP contribution in [0.4, 0.5) is 30.2 Å². The van der Waals surface area contributed by atoms with E-state index in [1.165, 1.54) is 17.3 Å². The largest absolute Gasteiger partial charge is 0.423 e. The van der Waals surface area contributed by atoms with Crippen LogP contribution in [0.2, 0.25) is 0 Å². The topological polar surface area (TPSA) is 82.0 Å². The first-order valence-electron chi connectivity index (χ1n) is 13.5. The highest BCUT2D eigenvalue weighted by molar-refractivity contribution is 5.76. The summed E-state index contributed by atoms with van der Waals surface area (Å²) >= 11 is 0. The van der Waals surface area contributed by atoms with E-state index >= 15 is 0 Å². The van der Waals surface area contributed by atoms with Crippen LogP contribution in [-0.2, 0) is 11.0 Å². The Hall–Kier alpha value is -3.34. The van der Waals surface area contributed by atoms with Crippen LogP contribution in [-0.4, -0.2) is 72.5 Å². The van der Waals surface area contributed by atoms with E-state index in [0.29, 0.717) is 32.4 Å². The molecule has 0 aromatic heterocycles. The van der Waals surface area contributed by atoms with Gasteiger partial charge in [0.05, 0.1) is 4.92 Å². The highest BCUT2D eigenvalue weighted by atomic mass is 19.4. The second-order valence-corrected chi connectivity index (χ2v) is 10.4. The Morgan fingerprint density at radius 3 is 2.38 bits per heavy atom. The fraction of sp³-hybridized carbons (Fsp3) is 0.552. The molecule has 0 bridgehead atoms. The van der Waals surface area contributed by atoms with Gasteiger partial charge in [0.25, 0.3) is 5.69 Å². The number of halogens is 3. The van der Waals surface area contributed by atoms with E-state index in [1.807, 2.05) is 4.90 Å². The van der Waals surface area contributed by atoms with E-state index in [4.69, 9.17) is 0 Å². The standard InChI is InChI=1S/C28H36F3N5O3.CH4/c1-21-5-8-24(9-6-21)34-15-3-14-33(18-19-34)13-2-4-27(37)35-16-11-22(12-17-35)32-23-7-10-26(36(38)39)25(20-23)28(29,30)31;/h5-10,20,22,32H,2-4,11-19H2,1H3;1H4. The molecule has 4 rings (SSSR count). The minimum atomic E-state index is -4.82. The minimum Gasteiger partial charge on any atom is -0.382 e. The van der Waals surface area contributed by atoms with Crippen molar-refractivity contribution in [2.75, 3.05) is 56.0 Å². The lowest BCUT2D eigenvalue weighted by Crippen LogP contribution is -2.42. The van der Waals surface area contributed by atoms with Crippen molar-refractivity contribution in [3.8, 4) is 0 Å². The number of carbonyl (C=O) groups is 1. The molecule has 0 unspecified atom stereocenters. The highest BCUT2D eigenvalue weighted by Crippen LogP contribution is 2.38. The molecule has 220 valence electrons. The first-order valence-corrected chi connectivity index (χ1v) is 13.5. The summed E-state index contributed by atoms with van der Waals surface area (Å²) < 4.78 is 39.8. The number of nitro benzene ring substituents is 1. The van der Waals surface area contributed by atoms with Crippen LogP contribution in [0.5, 0.6) is 0 Å². The van der Waals surface area contributed by atoms with E-state index in [-0.39, 0.29) is 25.1 Å². The van der Waals surface area contributed by atoms with Gasteiger partial charge in [-0.25, -0.2) is 0 Å².